The minimum atomic E-state index is 0.405. The first kappa shape index (κ1) is 18.2. The number of fused-ring (bicyclic) bond motifs is 5. The molecule has 2 heterocycles. The monoisotopic (exact) mass is 348 g/mol. The topological polar surface area (TPSA) is 34.0 Å². The number of rotatable bonds is 1. The van der Waals surface area contributed by atoms with Gasteiger partial charge in [0.25, 0.3) is 0 Å². The maximum atomic E-state index is 4.48. The van der Waals surface area contributed by atoms with E-state index in [9.17, 15) is 0 Å². The molecule has 0 saturated heterocycles. The van der Waals surface area contributed by atoms with Gasteiger partial charge in [-0.1, -0.05) is 67.9 Å². The SMILES string of the molecule is CC(C)N1Cc2ccccc2-c2c(nnn2C)-c2ccccc21.CCC. The van der Waals surface area contributed by atoms with E-state index < -0.39 is 0 Å². The quantitative estimate of drug-likeness (QED) is 0.599. The molecule has 0 atom stereocenters. The number of anilines is 1. The van der Waals surface area contributed by atoms with E-state index in [0.717, 1.165) is 23.5 Å². The van der Waals surface area contributed by atoms with Gasteiger partial charge in [0.05, 0.1) is 5.69 Å². The molecule has 1 aliphatic heterocycles. The minimum Gasteiger partial charge on any atom is -0.364 e. The Kier molecular flexibility index (Phi) is 5.40. The van der Waals surface area contributed by atoms with Crippen LogP contribution in [0.3, 0.4) is 0 Å². The summed E-state index contributed by atoms with van der Waals surface area (Å²) in [6.45, 7) is 9.60. The lowest BCUT2D eigenvalue weighted by molar-refractivity contribution is 0.682. The van der Waals surface area contributed by atoms with Gasteiger partial charge in [0.15, 0.2) is 0 Å². The van der Waals surface area contributed by atoms with Gasteiger partial charge >= 0.3 is 0 Å². The Hall–Kier alpha value is -2.62. The van der Waals surface area contributed by atoms with Crippen molar-refractivity contribution in [1.82, 2.24) is 15.0 Å². The van der Waals surface area contributed by atoms with Crippen LogP contribution in [0, 0.1) is 0 Å². The molecule has 4 rings (SSSR count). The first-order valence-corrected chi connectivity index (χ1v) is 9.42. The van der Waals surface area contributed by atoms with E-state index in [4.69, 9.17) is 0 Å². The zero-order valence-corrected chi connectivity index (χ0v) is 16.4. The fourth-order valence-electron chi connectivity index (χ4n) is 3.38. The Morgan fingerprint density at radius 2 is 1.58 bits per heavy atom. The number of nitrogens with zero attached hydrogens (tertiary/aromatic N) is 4. The second-order valence-corrected chi connectivity index (χ2v) is 7.01. The highest BCUT2D eigenvalue weighted by Crippen LogP contribution is 2.40. The molecule has 1 aliphatic rings. The molecular formula is C22H28N4. The molecule has 0 N–H and O–H groups in total. The second kappa shape index (κ2) is 7.73. The van der Waals surface area contributed by atoms with Crippen molar-refractivity contribution in [3.63, 3.8) is 0 Å². The van der Waals surface area contributed by atoms with Gasteiger partial charge in [0, 0.05) is 36.4 Å². The molecule has 0 saturated carbocycles. The largest absolute Gasteiger partial charge is 0.364 e. The average Bonchev–Trinajstić information content (AvgIpc) is 3.00. The molecule has 0 amide bonds. The van der Waals surface area contributed by atoms with Crippen LogP contribution < -0.4 is 4.90 Å². The van der Waals surface area contributed by atoms with Crippen LogP contribution in [-0.4, -0.2) is 21.0 Å². The summed E-state index contributed by atoms with van der Waals surface area (Å²) >= 11 is 0. The number of hydrogen-bond donors (Lipinski definition) is 0. The van der Waals surface area contributed by atoms with Gasteiger partial charge in [0.2, 0.25) is 0 Å². The average molecular weight is 348 g/mol. The third kappa shape index (κ3) is 3.24. The van der Waals surface area contributed by atoms with E-state index in [1.807, 2.05) is 11.7 Å². The predicted octanol–water partition coefficient (Wildman–Crippen LogP) is 5.29. The lowest BCUT2D eigenvalue weighted by atomic mass is 9.95. The fraction of sp³-hybridized carbons (Fsp3) is 0.364. The Balaban J connectivity index is 0.000000613. The van der Waals surface area contributed by atoms with E-state index >= 15 is 0 Å². The molecule has 0 radical (unpaired) electrons. The molecule has 2 aromatic carbocycles. The van der Waals surface area contributed by atoms with Gasteiger partial charge in [0.1, 0.15) is 5.69 Å². The third-order valence-electron chi connectivity index (χ3n) is 4.53. The van der Waals surface area contributed by atoms with Crippen molar-refractivity contribution < 1.29 is 0 Å². The van der Waals surface area contributed by atoms with E-state index in [0.29, 0.717) is 6.04 Å². The maximum Gasteiger partial charge on any atom is 0.123 e. The molecule has 1 aromatic heterocycles. The summed E-state index contributed by atoms with van der Waals surface area (Å²) in [5.41, 5.74) is 6.95. The van der Waals surface area contributed by atoms with Gasteiger partial charge in [-0.25, -0.2) is 4.68 Å². The molecule has 0 spiro atoms. The molecule has 0 unspecified atom stereocenters. The zero-order valence-electron chi connectivity index (χ0n) is 16.4. The first-order valence-electron chi connectivity index (χ1n) is 9.42. The number of aromatic nitrogens is 3. The van der Waals surface area contributed by atoms with Gasteiger partial charge < -0.3 is 4.90 Å². The normalized spacial score (nSPS) is 12.3. The van der Waals surface area contributed by atoms with Crippen LogP contribution in [0.5, 0.6) is 0 Å². The van der Waals surface area contributed by atoms with Crippen LogP contribution >= 0.6 is 0 Å². The Bertz CT molecular complexity index is 879. The van der Waals surface area contributed by atoms with Gasteiger partial charge in [-0.05, 0) is 25.5 Å². The van der Waals surface area contributed by atoms with Crippen LogP contribution in [0.4, 0.5) is 5.69 Å². The van der Waals surface area contributed by atoms with E-state index in [1.54, 1.807) is 0 Å². The molecule has 0 fully saturated rings. The summed E-state index contributed by atoms with van der Waals surface area (Å²) in [5, 5.41) is 8.78. The fourth-order valence-corrected chi connectivity index (χ4v) is 3.38. The second-order valence-electron chi connectivity index (χ2n) is 7.01. The summed E-state index contributed by atoms with van der Waals surface area (Å²) in [6, 6.07) is 17.5. The van der Waals surface area contributed by atoms with Crippen molar-refractivity contribution >= 4 is 5.69 Å². The Morgan fingerprint density at radius 1 is 0.962 bits per heavy atom. The van der Waals surface area contributed by atoms with Crippen LogP contribution in [0.2, 0.25) is 0 Å². The van der Waals surface area contributed by atoms with Crippen LogP contribution in [-0.2, 0) is 13.6 Å². The lowest BCUT2D eigenvalue weighted by Gasteiger charge is -2.33. The molecule has 0 bridgehead atoms. The molecule has 4 heteroatoms. The highest BCUT2D eigenvalue weighted by atomic mass is 15.4. The van der Waals surface area contributed by atoms with Crippen molar-refractivity contribution in [3.05, 3.63) is 54.1 Å². The van der Waals surface area contributed by atoms with Crippen molar-refractivity contribution in [2.75, 3.05) is 4.90 Å². The van der Waals surface area contributed by atoms with Crippen molar-refractivity contribution in [2.24, 2.45) is 7.05 Å². The lowest BCUT2D eigenvalue weighted by Crippen LogP contribution is -2.31. The summed E-state index contributed by atoms with van der Waals surface area (Å²) in [6.07, 6.45) is 1.25. The van der Waals surface area contributed by atoms with Crippen molar-refractivity contribution in [1.29, 1.82) is 0 Å². The predicted molar refractivity (Wildman–Crippen MR) is 109 cm³/mol. The number of para-hydroxylation sites is 1. The Labute approximate surface area is 156 Å². The molecule has 26 heavy (non-hydrogen) atoms. The zero-order chi connectivity index (χ0) is 18.7. The Morgan fingerprint density at radius 3 is 2.27 bits per heavy atom. The number of aryl methyl sites for hydroxylation is 1. The molecular weight excluding hydrogens is 320 g/mol. The highest BCUT2D eigenvalue weighted by molar-refractivity contribution is 5.88. The summed E-state index contributed by atoms with van der Waals surface area (Å²) in [4.78, 5) is 2.44. The number of hydrogen-bond acceptors (Lipinski definition) is 3. The first-order chi connectivity index (χ1) is 12.6. The van der Waals surface area contributed by atoms with Crippen LogP contribution in [0.15, 0.2) is 48.5 Å². The molecule has 136 valence electrons. The third-order valence-corrected chi connectivity index (χ3v) is 4.53. The smallest absolute Gasteiger partial charge is 0.123 e. The van der Waals surface area contributed by atoms with Crippen molar-refractivity contribution in [3.8, 4) is 22.5 Å². The molecule has 4 nitrogen and oxygen atoms in total. The van der Waals surface area contributed by atoms with E-state index in [1.165, 1.54) is 23.2 Å². The standard InChI is InChI=1S/C19H20N4.C3H8/c1-13(2)23-12-14-8-4-5-9-15(14)19-18(20-21-22(19)3)16-10-6-7-11-17(16)23;1-3-2/h4-11,13H,12H2,1-3H3;3H2,1-2H3. The summed E-state index contributed by atoms with van der Waals surface area (Å²) < 4.78 is 1.88. The molecule has 3 aromatic rings. The molecule has 0 aliphatic carbocycles. The van der Waals surface area contributed by atoms with Gasteiger partial charge in [-0.2, -0.15) is 0 Å². The number of benzene rings is 2. The maximum absolute atomic E-state index is 4.48. The van der Waals surface area contributed by atoms with Gasteiger partial charge in [-0.15, -0.1) is 5.10 Å². The van der Waals surface area contributed by atoms with E-state index in [2.05, 4.69) is 91.4 Å². The van der Waals surface area contributed by atoms with Crippen LogP contribution in [0.25, 0.3) is 22.5 Å². The summed E-state index contributed by atoms with van der Waals surface area (Å²) in [5.74, 6) is 0. The summed E-state index contributed by atoms with van der Waals surface area (Å²) in [7, 11) is 1.97. The van der Waals surface area contributed by atoms with E-state index in [-0.39, 0.29) is 0 Å². The minimum absolute atomic E-state index is 0.405. The van der Waals surface area contributed by atoms with Gasteiger partial charge in [-0.3, -0.25) is 0 Å². The highest BCUT2D eigenvalue weighted by Gasteiger charge is 2.26. The van der Waals surface area contributed by atoms with Crippen LogP contribution in [0.1, 0.15) is 39.7 Å². The van der Waals surface area contributed by atoms with Crippen molar-refractivity contribution in [2.45, 2.75) is 46.7 Å².